The summed E-state index contributed by atoms with van der Waals surface area (Å²) in [6, 6.07) is 8.74. The first-order valence-electron chi connectivity index (χ1n) is 6.79. The third-order valence-electron chi connectivity index (χ3n) is 3.49. The van der Waals surface area contributed by atoms with Crippen LogP contribution in [0, 0.1) is 6.92 Å². The SMILES string of the molecule is CNC(CSc1ncnc2nc[nH]c12)c1ccccc1C. The molecule has 6 heteroatoms. The summed E-state index contributed by atoms with van der Waals surface area (Å²) in [4.78, 5) is 15.8. The van der Waals surface area contributed by atoms with E-state index >= 15 is 0 Å². The molecule has 0 saturated heterocycles. The first-order valence-corrected chi connectivity index (χ1v) is 7.78. The van der Waals surface area contributed by atoms with E-state index in [4.69, 9.17) is 0 Å². The Morgan fingerprint density at radius 2 is 2.10 bits per heavy atom. The predicted octanol–water partition coefficient (Wildman–Crippen LogP) is 2.71. The Morgan fingerprint density at radius 3 is 2.90 bits per heavy atom. The second-order valence-electron chi connectivity index (χ2n) is 4.79. The fourth-order valence-electron chi connectivity index (χ4n) is 2.32. The molecule has 108 valence electrons. The van der Waals surface area contributed by atoms with E-state index in [-0.39, 0.29) is 6.04 Å². The van der Waals surface area contributed by atoms with Gasteiger partial charge in [-0.1, -0.05) is 24.3 Å². The maximum absolute atomic E-state index is 4.35. The molecule has 1 atom stereocenters. The first kappa shape index (κ1) is 14.0. The lowest BCUT2D eigenvalue weighted by Gasteiger charge is -2.18. The molecule has 1 aromatic carbocycles. The van der Waals surface area contributed by atoms with E-state index < -0.39 is 0 Å². The van der Waals surface area contributed by atoms with Gasteiger partial charge in [-0.3, -0.25) is 0 Å². The maximum Gasteiger partial charge on any atom is 0.181 e. The normalized spacial score (nSPS) is 12.7. The van der Waals surface area contributed by atoms with Gasteiger partial charge in [0.25, 0.3) is 0 Å². The van der Waals surface area contributed by atoms with Gasteiger partial charge in [0.2, 0.25) is 0 Å². The van der Waals surface area contributed by atoms with Crippen molar-refractivity contribution in [3.8, 4) is 0 Å². The van der Waals surface area contributed by atoms with Crippen LogP contribution in [0.5, 0.6) is 0 Å². The van der Waals surface area contributed by atoms with Gasteiger partial charge < -0.3 is 10.3 Å². The summed E-state index contributed by atoms with van der Waals surface area (Å²) in [5.41, 5.74) is 4.24. The minimum atomic E-state index is 0.282. The van der Waals surface area contributed by atoms with Gasteiger partial charge in [0.1, 0.15) is 16.9 Å². The lowest BCUT2D eigenvalue weighted by Crippen LogP contribution is -2.19. The van der Waals surface area contributed by atoms with Crippen LogP contribution >= 0.6 is 11.8 Å². The third-order valence-corrected chi connectivity index (χ3v) is 4.57. The van der Waals surface area contributed by atoms with Gasteiger partial charge in [0.05, 0.1) is 6.33 Å². The van der Waals surface area contributed by atoms with Crippen molar-refractivity contribution < 1.29 is 0 Å². The van der Waals surface area contributed by atoms with Gasteiger partial charge in [-0.2, -0.15) is 0 Å². The number of benzene rings is 1. The van der Waals surface area contributed by atoms with Crippen molar-refractivity contribution in [3.05, 3.63) is 48.0 Å². The molecule has 0 aliphatic carbocycles. The van der Waals surface area contributed by atoms with Gasteiger partial charge in [0.15, 0.2) is 5.65 Å². The zero-order chi connectivity index (χ0) is 14.7. The molecule has 0 amide bonds. The van der Waals surface area contributed by atoms with E-state index in [2.05, 4.69) is 56.4 Å². The van der Waals surface area contributed by atoms with Gasteiger partial charge >= 0.3 is 0 Å². The molecular formula is C15H17N5S. The molecule has 2 N–H and O–H groups in total. The Labute approximate surface area is 127 Å². The largest absolute Gasteiger partial charge is 0.341 e. The molecule has 0 radical (unpaired) electrons. The number of fused-ring (bicyclic) bond motifs is 1. The summed E-state index contributed by atoms with van der Waals surface area (Å²) in [7, 11) is 1.99. The van der Waals surface area contributed by atoms with Gasteiger partial charge in [0, 0.05) is 11.8 Å². The molecule has 2 aromatic heterocycles. The number of aromatic amines is 1. The third kappa shape index (κ3) is 2.91. The second kappa shape index (κ2) is 6.24. The molecule has 0 saturated carbocycles. The molecule has 3 aromatic rings. The Bertz CT molecular complexity index is 740. The minimum absolute atomic E-state index is 0.282. The lowest BCUT2D eigenvalue weighted by molar-refractivity contribution is 0.657. The number of hydrogen-bond donors (Lipinski definition) is 2. The summed E-state index contributed by atoms with van der Waals surface area (Å²) in [6.45, 7) is 2.14. The lowest BCUT2D eigenvalue weighted by atomic mass is 10.0. The van der Waals surface area contributed by atoms with Gasteiger partial charge in [-0.05, 0) is 25.1 Å². The topological polar surface area (TPSA) is 66.5 Å². The second-order valence-corrected chi connectivity index (χ2v) is 5.80. The number of nitrogens with one attached hydrogen (secondary N) is 2. The van der Waals surface area contributed by atoms with Crippen LogP contribution in [0.3, 0.4) is 0 Å². The Balaban J connectivity index is 1.80. The number of imidazole rings is 1. The van der Waals surface area contributed by atoms with Crippen molar-refractivity contribution in [1.82, 2.24) is 25.3 Å². The molecule has 0 fully saturated rings. The molecule has 3 rings (SSSR count). The summed E-state index contributed by atoms with van der Waals surface area (Å²) in [5.74, 6) is 0.895. The predicted molar refractivity (Wildman–Crippen MR) is 85.4 cm³/mol. The highest BCUT2D eigenvalue weighted by molar-refractivity contribution is 7.99. The van der Waals surface area contributed by atoms with Crippen LogP contribution in [-0.2, 0) is 0 Å². The number of thioether (sulfide) groups is 1. The van der Waals surface area contributed by atoms with E-state index in [0.717, 1.165) is 16.3 Å². The summed E-state index contributed by atoms with van der Waals surface area (Å²) >= 11 is 1.71. The average molecular weight is 299 g/mol. The molecular weight excluding hydrogens is 282 g/mol. The van der Waals surface area contributed by atoms with Crippen LogP contribution in [0.25, 0.3) is 11.2 Å². The van der Waals surface area contributed by atoms with Crippen LogP contribution in [0.4, 0.5) is 0 Å². The Kier molecular flexibility index (Phi) is 4.17. The van der Waals surface area contributed by atoms with E-state index in [9.17, 15) is 0 Å². The van der Waals surface area contributed by atoms with Crippen LogP contribution < -0.4 is 5.32 Å². The number of H-pyrrole nitrogens is 1. The molecule has 0 spiro atoms. The van der Waals surface area contributed by atoms with Crippen molar-refractivity contribution >= 4 is 22.9 Å². The number of aromatic nitrogens is 4. The molecule has 0 aliphatic rings. The zero-order valence-electron chi connectivity index (χ0n) is 12.0. The Hall–Kier alpha value is -1.92. The average Bonchev–Trinajstić information content (AvgIpc) is 2.98. The van der Waals surface area contributed by atoms with Crippen molar-refractivity contribution in [1.29, 1.82) is 0 Å². The van der Waals surface area contributed by atoms with Gasteiger partial charge in [-0.25, -0.2) is 15.0 Å². The fourth-order valence-corrected chi connectivity index (χ4v) is 3.41. The van der Waals surface area contributed by atoms with Crippen molar-refractivity contribution in [3.63, 3.8) is 0 Å². The zero-order valence-corrected chi connectivity index (χ0v) is 12.8. The number of nitrogens with zero attached hydrogens (tertiary/aromatic N) is 3. The number of aryl methyl sites for hydroxylation is 1. The highest BCUT2D eigenvalue weighted by atomic mass is 32.2. The van der Waals surface area contributed by atoms with Crippen molar-refractivity contribution in [2.75, 3.05) is 12.8 Å². The van der Waals surface area contributed by atoms with Crippen molar-refractivity contribution in [2.24, 2.45) is 0 Å². The minimum Gasteiger partial charge on any atom is -0.341 e. The van der Waals surface area contributed by atoms with E-state index in [1.807, 2.05) is 7.05 Å². The number of rotatable bonds is 5. The molecule has 0 bridgehead atoms. The summed E-state index contributed by atoms with van der Waals surface area (Å²) < 4.78 is 0. The smallest absolute Gasteiger partial charge is 0.181 e. The highest BCUT2D eigenvalue weighted by Gasteiger charge is 2.14. The number of hydrogen-bond acceptors (Lipinski definition) is 5. The van der Waals surface area contributed by atoms with E-state index in [1.54, 1.807) is 24.4 Å². The molecule has 21 heavy (non-hydrogen) atoms. The highest BCUT2D eigenvalue weighted by Crippen LogP contribution is 2.27. The van der Waals surface area contributed by atoms with Crippen molar-refractivity contribution in [2.45, 2.75) is 18.0 Å². The molecule has 5 nitrogen and oxygen atoms in total. The van der Waals surface area contributed by atoms with Crippen LogP contribution in [-0.4, -0.2) is 32.7 Å². The molecule has 0 aliphatic heterocycles. The van der Waals surface area contributed by atoms with Crippen LogP contribution in [0.1, 0.15) is 17.2 Å². The van der Waals surface area contributed by atoms with Crippen LogP contribution in [0.2, 0.25) is 0 Å². The Morgan fingerprint density at radius 1 is 1.24 bits per heavy atom. The van der Waals surface area contributed by atoms with E-state index in [1.165, 1.54) is 11.1 Å². The molecule has 1 unspecified atom stereocenters. The fraction of sp³-hybridized carbons (Fsp3) is 0.267. The van der Waals surface area contributed by atoms with Crippen LogP contribution in [0.15, 0.2) is 41.9 Å². The van der Waals surface area contributed by atoms with Gasteiger partial charge in [-0.15, -0.1) is 11.8 Å². The monoisotopic (exact) mass is 299 g/mol. The van der Waals surface area contributed by atoms with E-state index in [0.29, 0.717) is 5.65 Å². The maximum atomic E-state index is 4.35. The summed E-state index contributed by atoms with van der Waals surface area (Å²) in [6.07, 6.45) is 3.22. The first-order chi connectivity index (χ1) is 10.3. The quantitative estimate of drug-likeness (QED) is 0.560. The standard InChI is InChI=1S/C15H17N5S/c1-10-5-3-4-6-11(10)12(16-2)7-21-15-13-14(18-8-17-13)19-9-20-15/h3-6,8-9,12,16H,7H2,1-2H3,(H,17,18,19,20). The molecule has 2 heterocycles. The summed E-state index contributed by atoms with van der Waals surface area (Å²) in [5, 5.41) is 4.32.